The number of rotatable bonds is 3. The van der Waals surface area contributed by atoms with Gasteiger partial charge in [0, 0.05) is 6.42 Å². The van der Waals surface area contributed by atoms with Crippen molar-refractivity contribution in [3.63, 3.8) is 0 Å². The number of benzene rings is 1. The summed E-state index contributed by atoms with van der Waals surface area (Å²) >= 11 is 5.46. The summed E-state index contributed by atoms with van der Waals surface area (Å²) in [4.78, 5) is 11.2. The number of nitrogens with zero attached hydrogens (tertiary/aromatic N) is 3. The van der Waals surface area contributed by atoms with E-state index in [0.717, 1.165) is 30.2 Å². The molecule has 106 valence electrons. The Morgan fingerprint density at radius 1 is 1.30 bits per heavy atom. The first-order chi connectivity index (χ1) is 9.29. The monoisotopic (exact) mass is 312 g/mol. The molecule has 20 heavy (non-hydrogen) atoms. The van der Waals surface area contributed by atoms with Gasteiger partial charge >= 0.3 is 0 Å². The van der Waals surface area contributed by atoms with Crippen LogP contribution in [0, 0.1) is 0 Å². The van der Waals surface area contributed by atoms with E-state index < -0.39 is 0 Å². The third-order valence-electron chi connectivity index (χ3n) is 3.21. The zero-order chi connectivity index (χ0) is 13.2. The summed E-state index contributed by atoms with van der Waals surface area (Å²) < 4.78 is 2.02. The molecule has 0 saturated carbocycles. The van der Waals surface area contributed by atoms with Crippen LogP contribution >= 0.6 is 24.0 Å². The van der Waals surface area contributed by atoms with Crippen LogP contribution in [0.2, 0.25) is 0 Å². The van der Waals surface area contributed by atoms with Gasteiger partial charge in [0.2, 0.25) is 5.91 Å². The molecule has 0 saturated heterocycles. The summed E-state index contributed by atoms with van der Waals surface area (Å²) in [6.07, 6.45) is 1.84. The molecular weight excluding hydrogens is 299 g/mol. The number of carbonyl (C=O) groups is 1. The number of hydrogen-bond donors (Lipinski definition) is 1. The lowest BCUT2D eigenvalue weighted by Crippen LogP contribution is -2.26. The Hall–Kier alpha value is -1.59. The Kier molecular flexibility index (Phi) is 4.62. The SMILES string of the molecule is Cl.O=C(CCl)NCc1nnc2n1-c1ccccc1CC2. The van der Waals surface area contributed by atoms with Gasteiger partial charge in [-0.3, -0.25) is 9.36 Å². The number of nitrogens with one attached hydrogen (secondary N) is 1. The molecule has 3 rings (SSSR count). The highest BCUT2D eigenvalue weighted by Crippen LogP contribution is 2.24. The van der Waals surface area contributed by atoms with Crippen LogP contribution in [0.1, 0.15) is 17.2 Å². The van der Waals surface area contributed by atoms with Crippen molar-refractivity contribution in [3.05, 3.63) is 41.5 Å². The lowest BCUT2D eigenvalue weighted by atomic mass is 10.0. The van der Waals surface area contributed by atoms with Crippen molar-refractivity contribution in [2.24, 2.45) is 0 Å². The molecule has 0 atom stereocenters. The largest absolute Gasteiger partial charge is 0.348 e. The van der Waals surface area contributed by atoms with E-state index in [1.807, 2.05) is 22.8 Å². The number of fused-ring (bicyclic) bond motifs is 3. The van der Waals surface area contributed by atoms with E-state index in [-0.39, 0.29) is 24.2 Å². The van der Waals surface area contributed by atoms with Crippen LogP contribution < -0.4 is 5.32 Å². The number of para-hydroxylation sites is 1. The molecule has 1 amide bonds. The molecule has 1 aromatic carbocycles. The molecule has 0 fully saturated rings. The zero-order valence-corrected chi connectivity index (χ0v) is 12.2. The average molecular weight is 313 g/mol. The van der Waals surface area contributed by atoms with Crippen LogP contribution in [0.4, 0.5) is 0 Å². The van der Waals surface area contributed by atoms with Crippen molar-refractivity contribution in [1.29, 1.82) is 0 Å². The number of carbonyl (C=O) groups excluding carboxylic acids is 1. The molecule has 1 aromatic heterocycles. The first kappa shape index (κ1) is 14.8. The van der Waals surface area contributed by atoms with Gasteiger partial charge in [0.05, 0.1) is 12.2 Å². The molecule has 2 aromatic rings. The minimum absolute atomic E-state index is 0. The van der Waals surface area contributed by atoms with E-state index in [0.29, 0.717) is 6.54 Å². The van der Waals surface area contributed by atoms with Crippen molar-refractivity contribution in [3.8, 4) is 5.69 Å². The van der Waals surface area contributed by atoms with Crippen LogP contribution in [0.5, 0.6) is 0 Å². The van der Waals surface area contributed by atoms with Crippen LogP contribution in [0.3, 0.4) is 0 Å². The molecule has 1 aliphatic heterocycles. The molecular formula is C13H14Cl2N4O. The summed E-state index contributed by atoms with van der Waals surface area (Å²) in [7, 11) is 0. The van der Waals surface area contributed by atoms with E-state index in [1.165, 1.54) is 5.56 Å². The lowest BCUT2D eigenvalue weighted by Gasteiger charge is -2.19. The van der Waals surface area contributed by atoms with E-state index in [2.05, 4.69) is 21.6 Å². The van der Waals surface area contributed by atoms with Crippen LogP contribution in [0.25, 0.3) is 5.69 Å². The highest BCUT2D eigenvalue weighted by molar-refractivity contribution is 6.27. The molecule has 5 nitrogen and oxygen atoms in total. The summed E-state index contributed by atoms with van der Waals surface area (Å²) in [5, 5.41) is 11.1. The second kappa shape index (κ2) is 6.24. The fraction of sp³-hybridized carbons (Fsp3) is 0.308. The molecule has 7 heteroatoms. The van der Waals surface area contributed by atoms with E-state index in [4.69, 9.17) is 11.6 Å². The van der Waals surface area contributed by atoms with Gasteiger partial charge in [-0.05, 0) is 18.1 Å². The fourth-order valence-electron chi connectivity index (χ4n) is 2.32. The minimum atomic E-state index is -0.205. The number of hydrogen-bond acceptors (Lipinski definition) is 3. The van der Waals surface area contributed by atoms with Crippen LogP contribution in [-0.2, 0) is 24.2 Å². The number of alkyl halides is 1. The van der Waals surface area contributed by atoms with Crippen molar-refractivity contribution in [1.82, 2.24) is 20.1 Å². The zero-order valence-electron chi connectivity index (χ0n) is 10.7. The maximum Gasteiger partial charge on any atom is 0.235 e. The molecule has 0 radical (unpaired) electrons. The van der Waals surface area contributed by atoms with Gasteiger partial charge < -0.3 is 5.32 Å². The number of amides is 1. The Bertz CT molecular complexity index is 627. The predicted molar refractivity (Wildman–Crippen MR) is 78.6 cm³/mol. The third kappa shape index (κ3) is 2.64. The Morgan fingerprint density at radius 3 is 2.90 bits per heavy atom. The highest BCUT2D eigenvalue weighted by Gasteiger charge is 2.20. The van der Waals surface area contributed by atoms with E-state index >= 15 is 0 Å². The van der Waals surface area contributed by atoms with Gasteiger partial charge in [-0.15, -0.1) is 34.2 Å². The maximum absolute atomic E-state index is 11.2. The quantitative estimate of drug-likeness (QED) is 0.877. The molecule has 0 aliphatic carbocycles. The van der Waals surface area contributed by atoms with Crippen LogP contribution in [0.15, 0.2) is 24.3 Å². The second-order valence-corrected chi connectivity index (χ2v) is 4.67. The Morgan fingerprint density at radius 2 is 2.10 bits per heavy atom. The Labute approximate surface area is 127 Å². The van der Waals surface area contributed by atoms with Crippen LogP contribution in [-0.4, -0.2) is 26.6 Å². The highest BCUT2D eigenvalue weighted by atomic mass is 35.5. The number of halogens is 2. The third-order valence-corrected chi connectivity index (χ3v) is 3.46. The summed E-state index contributed by atoms with van der Waals surface area (Å²) in [5.74, 6) is 1.43. The molecule has 0 spiro atoms. The van der Waals surface area contributed by atoms with Gasteiger partial charge in [-0.25, -0.2) is 0 Å². The van der Waals surface area contributed by atoms with Gasteiger partial charge in [0.25, 0.3) is 0 Å². The topological polar surface area (TPSA) is 59.8 Å². The molecule has 0 bridgehead atoms. The maximum atomic E-state index is 11.2. The van der Waals surface area contributed by atoms with Crippen molar-refractivity contribution >= 4 is 29.9 Å². The first-order valence-electron chi connectivity index (χ1n) is 6.13. The second-order valence-electron chi connectivity index (χ2n) is 4.41. The first-order valence-corrected chi connectivity index (χ1v) is 6.67. The van der Waals surface area contributed by atoms with Crippen molar-refractivity contribution < 1.29 is 4.79 Å². The smallest absolute Gasteiger partial charge is 0.235 e. The normalized spacial score (nSPS) is 12.1. The van der Waals surface area contributed by atoms with Crippen molar-refractivity contribution in [2.45, 2.75) is 19.4 Å². The lowest BCUT2D eigenvalue weighted by molar-refractivity contribution is -0.118. The summed E-state index contributed by atoms with van der Waals surface area (Å²) in [6, 6.07) is 8.19. The number of aryl methyl sites for hydroxylation is 2. The van der Waals surface area contributed by atoms with Gasteiger partial charge in [0.1, 0.15) is 11.7 Å². The van der Waals surface area contributed by atoms with Gasteiger partial charge in [-0.2, -0.15) is 0 Å². The average Bonchev–Trinajstić information content (AvgIpc) is 2.88. The van der Waals surface area contributed by atoms with Gasteiger partial charge in [0.15, 0.2) is 5.82 Å². The fourth-order valence-corrected chi connectivity index (χ4v) is 2.41. The standard InChI is InChI=1S/C13H13ClN4O.ClH/c14-7-13(19)15-8-12-17-16-11-6-5-9-3-1-2-4-10(9)18(11)12;/h1-4H,5-8H2,(H,15,19);1H. The number of aromatic nitrogens is 3. The minimum Gasteiger partial charge on any atom is -0.348 e. The summed E-state index contributed by atoms with van der Waals surface area (Å²) in [6.45, 7) is 0.340. The molecule has 2 heterocycles. The molecule has 1 N–H and O–H groups in total. The molecule has 1 aliphatic rings. The summed E-state index contributed by atoms with van der Waals surface area (Å²) in [5.41, 5.74) is 2.38. The predicted octanol–water partition coefficient (Wildman–Crippen LogP) is 1.64. The Balaban J connectivity index is 0.00000147. The van der Waals surface area contributed by atoms with Crippen molar-refractivity contribution in [2.75, 3.05) is 5.88 Å². The van der Waals surface area contributed by atoms with Gasteiger partial charge in [-0.1, -0.05) is 18.2 Å². The van der Waals surface area contributed by atoms with E-state index in [1.54, 1.807) is 0 Å². The van der Waals surface area contributed by atoms with E-state index in [9.17, 15) is 4.79 Å². The molecule has 0 unspecified atom stereocenters.